The number of nitrogens with zero attached hydrogens (tertiary/aromatic N) is 1. The molecule has 2 rings (SSSR count). The number of hydrogen-bond acceptors (Lipinski definition) is 1. The molecule has 16 heavy (non-hydrogen) atoms. The first-order chi connectivity index (χ1) is 7.76. The molecule has 1 unspecified atom stereocenters. The zero-order chi connectivity index (χ0) is 11.5. The molecule has 0 amide bonds. The number of aromatic nitrogens is 1. The van der Waals surface area contributed by atoms with E-state index in [4.69, 9.17) is 5.73 Å². The summed E-state index contributed by atoms with van der Waals surface area (Å²) in [6.45, 7) is 6.24. The Balaban J connectivity index is 2.41. The Morgan fingerprint density at radius 3 is 2.81 bits per heavy atom. The molecule has 0 radical (unpaired) electrons. The SMILES string of the molecule is CCC(C)Cn1ccc2c(CN)cccc21. The van der Waals surface area contributed by atoms with Gasteiger partial charge in [-0.25, -0.2) is 0 Å². The lowest BCUT2D eigenvalue weighted by Gasteiger charge is -2.11. The second-order valence-electron chi connectivity index (χ2n) is 4.54. The highest BCUT2D eigenvalue weighted by Crippen LogP contribution is 2.21. The quantitative estimate of drug-likeness (QED) is 0.836. The van der Waals surface area contributed by atoms with E-state index in [1.807, 2.05) is 0 Å². The van der Waals surface area contributed by atoms with Gasteiger partial charge in [0.2, 0.25) is 0 Å². The highest BCUT2D eigenvalue weighted by atomic mass is 15.0. The van der Waals surface area contributed by atoms with E-state index in [0.717, 1.165) is 12.5 Å². The first-order valence-electron chi connectivity index (χ1n) is 6.03. The molecular formula is C14H20N2. The molecule has 1 heterocycles. The van der Waals surface area contributed by atoms with Gasteiger partial charge in [-0.15, -0.1) is 0 Å². The van der Waals surface area contributed by atoms with Crippen LogP contribution in [0.1, 0.15) is 25.8 Å². The van der Waals surface area contributed by atoms with Crippen LogP contribution in [0.25, 0.3) is 10.9 Å². The van der Waals surface area contributed by atoms with Crippen LogP contribution in [0.4, 0.5) is 0 Å². The van der Waals surface area contributed by atoms with E-state index in [1.54, 1.807) is 0 Å². The number of hydrogen-bond donors (Lipinski definition) is 1. The van der Waals surface area contributed by atoms with Crippen molar-refractivity contribution in [1.29, 1.82) is 0 Å². The van der Waals surface area contributed by atoms with Gasteiger partial charge >= 0.3 is 0 Å². The summed E-state index contributed by atoms with van der Waals surface area (Å²) in [5, 5.41) is 1.30. The Morgan fingerprint density at radius 1 is 1.31 bits per heavy atom. The van der Waals surface area contributed by atoms with Gasteiger partial charge in [0.15, 0.2) is 0 Å². The standard InChI is InChI=1S/C14H20N2/c1-3-11(2)10-16-8-7-13-12(9-15)5-4-6-14(13)16/h4-8,11H,3,9-10,15H2,1-2H3. The van der Waals surface area contributed by atoms with Crippen molar-refractivity contribution in [2.45, 2.75) is 33.4 Å². The predicted molar refractivity (Wildman–Crippen MR) is 69.3 cm³/mol. The van der Waals surface area contributed by atoms with E-state index in [9.17, 15) is 0 Å². The summed E-state index contributed by atoms with van der Waals surface area (Å²) in [7, 11) is 0. The van der Waals surface area contributed by atoms with Crippen LogP contribution in [0.2, 0.25) is 0 Å². The second kappa shape index (κ2) is 4.71. The Bertz CT molecular complexity index is 471. The smallest absolute Gasteiger partial charge is 0.0483 e. The molecule has 86 valence electrons. The third-order valence-corrected chi connectivity index (χ3v) is 3.33. The zero-order valence-electron chi connectivity index (χ0n) is 10.1. The Morgan fingerprint density at radius 2 is 2.12 bits per heavy atom. The van der Waals surface area contributed by atoms with Crippen molar-refractivity contribution in [3.05, 3.63) is 36.0 Å². The lowest BCUT2D eigenvalue weighted by molar-refractivity contribution is 0.477. The molecular weight excluding hydrogens is 196 g/mol. The average molecular weight is 216 g/mol. The number of benzene rings is 1. The highest BCUT2D eigenvalue weighted by Gasteiger charge is 2.06. The molecule has 0 bridgehead atoms. The van der Waals surface area contributed by atoms with Crippen molar-refractivity contribution in [2.75, 3.05) is 0 Å². The van der Waals surface area contributed by atoms with Crippen molar-refractivity contribution in [1.82, 2.24) is 4.57 Å². The van der Waals surface area contributed by atoms with Crippen molar-refractivity contribution < 1.29 is 0 Å². The van der Waals surface area contributed by atoms with Crippen molar-refractivity contribution in [3.8, 4) is 0 Å². The van der Waals surface area contributed by atoms with Gasteiger partial charge in [-0.05, 0) is 23.6 Å². The molecule has 0 aliphatic carbocycles. The highest BCUT2D eigenvalue weighted by molar-refractivity contribution is 5.83. The number of fused-ring (bicyclic) bond motifs is 1. The van der Waals surface area contributed by atoms with E-state index in [1.165, 1.54) is 22.9 Å². The summed E-state index contributed by atoms with van der Waals surface area (Å²) in [4.78, 5) is 0. The van der Waals surface area contributed by atoms with Gasteiger partial charge in [0.1, 0.15) is 0 Å². The molecule has 0 aliphatic heterocycles. The van der Waals surface area contributed by atoms with Crippen molar-refractivity contribution in [3.63, 3.8) is 0 Å². The average Bonchev–Trinajstić information content (AvgIpc) is 2.72. The fourth-order valence-electron chi connectivity index (χ4n) is 2.09. The molecule has 2 nitrogen and oxygen atoms in total. The third-order valence-electron chi connectivity index (χ3n) is 3.33. The maximum Gasteiger partial charge on any atom is 0.0483 e. The van der Waals surface area contributed by atoms with Crippen molar-refractivity contribution in [2.24, 2.45) is 11.7 Å². The number of nitrogens with two attached hydrogens (primary N) is 1. The molecule has 0 fully saturated rings. The summed E-state index contributed by atoms with van der Waals surface area (Å²) >= 11 is 0. The summed E-state index contributed by atoms with van der Waals surface area (Å²) in [6.07, 6.45) is 3.40. The van der Waals surface area contributed by atoms with Gasteiger partial charge in [-0.3, -0.25) is 0 Å². The van der Waals surface area contributed by atoms with Gasteiger partial charge in [0.25, 0.3) is 0 Å². The van der Waals surface area contributed by atoms with E-state index < -0.39 is 0 Å². The molecule has 2 N–H and O–H groups in total. The minimum absolute atomic E-state index is 0.616. The Hall–Kier alpha value is -1.28. The van der Waals surface area contributed by atoms with Gasteiger partial charge < -0.3 is 10.3 Å². The fourth-order valence-corrected chi connectivity index (χ4v) is 2.09. The van der Waals surface area contributed by atoms with Crippen LogP contribution in [0.3, 0.4) is 0 Å². The van der Waals surface area contributed by atoms with Crippen LogP contribution < -0.4 is 5.73 Å². The largest absolute Gasteiger partial charge is 0.347 e. The predicted octanol–water partition coefficient (Wildman–Crippen LogP) is 3.15. The van der Waals surface area contributed by atoms with Gasteiger partial charge in [-0.2, -0.15) is 0 Å². The molecule has 0 saturated heterocycles. The molecule has 0 spiro atoms. The van der Waals surface area contributed by atoms with Crippen LogP contribution in [0, 0.1) is 5.92 Å². The molecule has 1 aromatic carbocycles. The molecule has 0 saturated carbocycles. The molecule has 1 atom stereocenters. The first kappa shape index (κ1) is 11.2. The van der Waals surface area contributed by atoms with Crippen molar-refractivity contribution >= 4 is 10.9 Å². The topological polar surface area (TPSA) is 30.9 Å². The van der Waals surface area contributed by atoms with E-state index in [-0.39, 0.29) is 0 Å². The third kappa shape index (κ3) is 1.98. The first-order valence-corrected chi connectivity index (χ1v) is 6.03. The lowest BCUT2D eigenvalue weighted by Crippen LogP contribution is -2.05. The van der Waals surface area contributed by atoms with Crippen LogP contribution in [-0.2, 0) is 13.1 Å². The van der Waals surface area contributed by atoms with Crippen LogP contribution in [0.5, 0.6) is 0 Å². The van der Waals surface area contributed by atoms with E-state index in [0.29, 0.717) is 6.54 Å². The van der Waals surface area contributed by atoms with Gasteiger partial charge in [-0.1, -0.05) is 32.4 Å². The Labute approximate surface area is 97.1 Å². The van der Waals surface area contributed by atoms with E-state index >= 15 is 0 Å². The Kier molecular flexibility index (Phi) is 3.30. The normalized spacial score (nSPS) is 13.2. The second-order valence-corrected chi connectivity index (χ2v) is 4.54. The van der Waals surface area contributed by atoms with Gasteiger partial charge in [0.05, 0.1) is 0 Å². The summed E-state index contributed by atoms with van der Waals surface area (Å²) in [5.41, 5.74) is 8.29. The van der Waals surface area contributed by atoms with Crippen LogP contribution in [0.15, 0.2) is 30.5 Å². The van der Waals surface area contributed by atoms with Crippen LogP contribution in [-0.4, -0.2) is 4.57 Å². The summed E-state index contributed by atoms with van der Waals surface area (Å²) < 4.78 is 2.34. The zero-order valence-corrected chi connectivity index (χ0v) is 10.1. The fraction of sp³-hybridized carbons (Fsp3) is 0.429. The summed E-state index contributed by atoms with van der Waals surface area (Å²) in [6, 6.07) is 8.56. The monoisotopic (exact) mass is 216 g/mol. The minimum atomic E-state index is 0.616. The molecule has 2 aromatic rings. The summed E-state index contributed by atoms with van der Waals surface area (Å²) in [5.74, 6) is 0.720. The maximum absolute atomic E-state index is 5.74. The molecule has 2 heteroatoms. The van der Waals surface area contributed by atoms with E-state index in [2.05, 4.69) is 48.9 Å². The van der Waals surface area contributed by atoms with Crippen LogP contribution >= 0.6 is 0 Å². The molecule has 1 aromatic heterocycles. The lowest BCUT2D eigenvalue weighted by atomic mass is 10.1. The number of rotatable bonds is 4. The van der Waals surface area contributed by atoms with Gasteiger partial charge in [0, 0.05) is 30.2 Å². The minimum Gasteiger partial charge on any atom is -0.347 e. The molecule has 0 aliphatic rings. The maximum atomic E-state index is 5.74.